The van der Waals surface area contributed by atoms with Crippen LogP contribution < -0.4 is 15.2 Å². The van der Waals surface area contributed by atoms with E-state index in [2.05, 4.69) is 22.1 Å². The number of methoxy groups -OCH3 is 1. The monoisotopic (exact) mass is 318 g/mol. The van der Waals surface area contributed by atoms with Gasteiger partial charge < -0.3 is 24.6 Å². The third-order valence-electron chi connectivity index (χ3n) is 3.94. The summed E-state index contributed by atoms with van der Waals surface area (Å²) >= 11 is 0. The SMILES string of the molecule is COc1c(OC2CCCN(C)C2)cccc1-c1noc(CN)n1. The molecule has 1 aliphatic rings. The van der Waals surface area contributed by atoms with Crippen LogP contribution in [0.5, 0.6) is 11.5 Å². The quantitative estimate of drug-likeness (QED) is 0.897. The van der Waals surface area contributed by atoms with Crippen molar-refractivity contribution in [1.82, 2.24) is 15.0 Å². The predicted octanol–water partition coefficient (Wildman–Crippen LogP) is 1.68. The van der Waals surface area contributed by atoms with Gasteiger partial charge in [-0.25, -0.2) is 0 Å². The van der Waals surface area contributed by atoms with Crippen molar-refractivity contribution in [3.05, 3.63) is 24.1 Å². The largest absolute Gasteiger partial charge is 0.492 e. The van der Waals surface area contributed by atoms with Gasteiger partial charge in [-0.15, -0.1) is 0 Å². The summed E-state index contributed by atoms with van der Waals surface area (Å²) in [5, 5.41) is 3.96. The van der Waals surface area contributed by atoms with Gasteiger partial charge in [0.05, 0.1) is 19.2 Å². The summed E-state index contributed by atoms with van der Waals surface area (Å²) in [6, 6.07) is 5.68. The molecule has 2 N–H and O–H groups in total. The molecule has 0 radical (unpaired) electrons. The lowest BCUT2D eigenvalue weighted by Crippen LogP contribution is -2.38. The second-order valence-corrected chi connectivity index (χ2v) is 5.70. The van der Waals surface area contributed by atoms with Crippen LogP contribution in [-0.2, 0) is 6.54 Å². The summed E-state index contributed by atoms with van der Waals surface area (Å²) in [5.74, 6) is 2.16. The summed E-state index contributed by atoms with van der Waals surface area (Å²) in [5.41, 5.74) is 6.26. The molecule has 3 rings (SSSR count). The lowest BCUT2D eigenvalue weighted by Gasteiger charge is -2.30. The highest BCUT2D eigenvalue weighted by molar-refractivity contribution is 5.68. The molecule has 1 aromatic heterocycles. The van der Waals surface area contributed by atoms with Gasteiger partial charge in [0, 0.05) is 6.54 Å². The Morgan fingerprint density at radius 3 is 3.00 bits per heavy atom. The molecule has 1 saturated heterocycles. The fraction of sp³-hybridized carbons (Fsp3) is 0.500. The van der Waals surface area contributed by atoms with Gasteiger partial charge in [-0.1, -0.05) is 11.2 Å². The topological polar surface area (TPSA) is 86.6 Å². The Balaban J connectivity index is 1.87. The molecular weight excluding hydrogens is 296 g/mol. The van der Waals surface area contributed by atoms with Gasteiger partial charge >= 0.3 is 0 Å². The number of rotatable bonds is 5. The van der Waals surface area contributed by atoms with Crippen LogP contribution in [0.4, 0.5) is 0 Å². The van der Waals surface area contributed by atoms with Gasteiger partial charge in [-0.05, 0) is 38.6 Å². The van der Waals surface area contributed by atoms with E-state index in [1.165, 1.54) is 0 Å². The maximum atomic E-state index is 6.17. The lowest BCUT2D eigenvalue weighted by atomic mass is 10.1. The fourth-order valence-electron chi connectivity index (χ4n) is 2.84. The molecule has 23 heavy (non-hydrogen) atoms. The maximum absolute atomic E-state index is 6.17. The summed E-state index contributed by atoms with van der Waals surface area (Å²) in [6.07, 6.45) is 2.33. The van der Waals surface area contributed by atoms with Crippen LogP contribution in [0.3, 0.4) is 0 Å². The normalized spacial score (nSPS) is 18.8. The molecule has 7 heteroatoms. The smallest absolute Gasteiger partial charge is 0.240 e. The minimum Gasteiger partial charge on any atom is -0.492 e. The standard InChI is InChI=1S/C16H22N4O3/c1-20-8-4-5-11(10-20)22-13-7-3-6-12(15(13)21-2)16-18-14(9-17)23-19-16/h3,6-7,11H,4-5,8-10,17H2,1-2H3. The summed E-state index contributed by atoms with van der Waals surface area (Å²) in [6.45, 7) is 2.23. The van der Waals surface area contributed by atoms with Crippen molar-refractivity contribution in [2.45, 2.75) is 25.5 Å². The van der Waals surface area contributed by atoms with Crippen molar-refractivity contribution >= 4 is 0 Å². The van der Waals surface area contributed by atoms with Crippen LogP contribution in [-0.4, -0.2) is 48.4 Å². The Bertz CT molecular complexity index is 659. The first kappa shape index (κ1) is 15.8. The zero-order chi connectivity index (χ0) is 16.2. The van der Waals surface area contributed by atoms with Crippen molar-refractivity contribution in [2.75, 3.05) is 27.2 Å². The molecular formula is C16H22N4O3. The van der Waals surface area contributed by atoms with Crippen LogP contribution in [0.25, 0.3) is 11.4 Å². The third kappa shape index (κ3) is 3.46. The highest BCUT2D eigenvalue weighted by Crippen LogP contribution is 2.37. The van der Waals surface area contributed by atoms with Gasteiger partial charge in [0.2, 0.25) is 11.7 Å². The first-order chi connectivity index (χ1) is 11.2. The van der Waals surface area contributed by atoms with Crippen LogP contribution >= 0.6 is 0 Å². The highest BCUT2D eigenvalue weighted by atomic mass is 16.5. The zero-order valence-corrected chi connectivity index (χ0v) is 13.5. The Morgan fingerprint density at radius 1 is 1.43 bits per heavy atom. The molecule has 7 nitrogen and oxygen atoms in total. The molecule has 0 bridgehead atoms. The second-order valence-electron chi connectivity index (χ2n) is 5.70. The Hall–Kier alpha value is -2.12. The number of hydrogen-bond acceptors (Lipinski definition) is 7. The Labute approximate surface area is 135 Å². The van der Waals surface area contributed by atoms with E-state index < -0.39 is 0 Å². The molecule has 0 saturated carbocycles. The van der Waals surface area contributed by atoms with Crippen molar-refractivity contribution in [3.63, 3.8) is 0 Å². The lowest BCUT2D eigenvalue weighted by molar-refractivity contribution is 0.101. The molecule has 1 aliphatic heterocycles. The van der Waals surface area contributed by atoms with E-state index in [9.17, 15) is 0 Å². The third-order valence-corrected chi connectivity index (χ3v) is 3.94. The van der Waals surface area contributed by atoms with E-state index in [-0.39, 0.29) is 12.6 Å². The number of likely N-dealkylation sites (tertiary alicyclic amines) is 1. The molecule has 0 spiro atoms. The molecule has 2 heterocycles. The zero-order valence-electron chi connectivity index (χ0n) is 13.5. The van der Waals surface area contributed by atoms with E-state index in [1.807, 2.05) is 18.2 Å². The van der Waals surface area contributed by atoms with Crippen LogP contribution in [0, 0.1) is 0 Å². The number of benzene rings is 1. The number of aromatic nitrogens is 2. The van der Waals surface area contributed by atoms with Crippen molar-refractivity contribution in [2.24, 2.45) is 5.73 Å². The van der Waals surface area contributed by atoms with E-state index in [4.69, 9.17) is 19.7 Å². The minimum atomic E-state index is 0.155. The molecule has 0 aliphatic carbocycles. The minimum absolute atomic E-state index is 0.155. The van der Waals surface area contributed by atoms with E-state index in [0.717, 1.165) is 31.5 Å². The average Bonchev–Trinajstić information content (AvgIpc) is 3.03. The summed E-state index contributed by atoms with van der Waals surface area (Å²) in [4.78, 5) is 6.54. The van der Waals surface area contributed by atoms with E-state index >= 15 is 0 Å². The van der Waals surface area contributed by atoms with Crippen LogP contribution in [0.15, 0.2) is 22.7 Å². The number of ether oxygens (including phenoxy) is 2. The summed E-state index contributed by atoms with van der Waals surface area (Å²) in [7, 11) is 3.72. The van der Waals surface area contributed by atoms with Crippen LogP contribution in [0.1, 0.15) is 18.7 Å². The van der Waals surface area contributed by atoms with Gasteiger partial charge in [0.25, 0.3) is 0 Å². The highest BCUT2D eigenvalue weighted by Gasteiger charge is 2.22. The first-order valence-electron chi connectivity index (χ1n) is 7.76. The van der Waals surface area contributed by atoms with Gasteiger partial charge in [0.15, 0.2) is 11.5 Å². The van der Waals surface area contributed by atoms with Crippen LogP contribution in [0.2, 0.25) is 0 Å². The number of likely N-dealkylation sites (N-methyl/N-ethyl adjacent to an activating group) is 1. The maximum Gasteiger partial charge on any atom is 0.240 e. The molecule has 2 aromatic rings. The Morgan fingerprint density at radius 2 is 2.30 bits per heavy atom. The first-order valence-corrected chi connectivity index (χ1v) is 7.76. The Kier molecular flexibility index (Phi) is 4.78. The van der Waals surface area contributed by atoms with Crippen molar-refractivity contribution in [3.8, 4) is 22.9 Å². The number of nitrogens with two attached hydrogens (primary N) is 1. The average molecular weight is 318 g/mol. The number of para-hydroxylation sites is 1. The molecule has 1 atom stereocenters. The molecule has 1 aromatic carbocycles. The van der Waals surface area contributed by atoms with Crippen molar-refractivity contribution < 1.29 is 14.0 Å². The van der Waals surface area contributed by atoms with Gasteiger partial charge in [-0.3, -0.25) is 0 Å². The van der Waals surface area contributed by atoms with E-state index in [1.54, 1.807) is 7.11 Å². The number of piperidine rings is 1. The number of hydrogen-bond donors (Lipinski definition) is 1. The van der Waals surface area contributed by atoms with Gasteiger partial charge in [0.1, 0.15) is 6.10 Å². The number of nitrogens with zero attached hydrogens (tertiary/aromatic N) is 3. The molecule has 1 unspecified atom stereocenters. The van der Waals surface area contributed by atoms with Crippen molar-refractivity contribution in [1.29, 1.82) is 0 Å². The molecule has 0 amide bonds. The fourth-order valence-corrected chi connectivity index (χ4v) is 2.84. The predicted molar refractivity (Wildman–Crippen MR) is 85.3 cm³/mol. The summed E-state index contributed by atoms with van der Waals surface area (Å²) < 4.78 is 16.8. The van der Waals surface area contributed by atoms with E-state index in [0.29, 0.717) is 23.2 Å². The van der Waals surface area contributed by atoms with Gasteiger partial charge in [-0.2, -0.15) is 4.98 Å². The molecule has 1 fully saturated rings. The second kappa shape index (κ2) is 6.97. The molecule has 124 valence electrons.